The van der Waals surface area contributed by atoms with Crippen molar-refractivity contribution < 1.29 is 28.7 Å². The van der Waals surface area contributed by atoms with Crippen LogP contribution in [-0.4, -0.2) is 52.8 Å². The van der Waals surface area contributed by atoms with Crippen molar-refractivity contribution in [2.24, 2.45) is 0 Å². The van der Waals surface area contributed by atoms with E-state index < -0.39 is 23.6 Å². The van der Waals surface area contributed by atoms with Crippen LogP contribution in [0.3, 0.4) is 0 Å². The number of nitrogens with zero attached hydrogens (tertiary/aromatic N) is 2. The number of ether oxygens (including phenoxy) is 1. The second-order valence-electron chi connectivity index (χ2n) is 10.5. The van der Waals surface area contributed by atoms with Gasteiger partial charge < -0.3 is 19.9 Å². The molecule has 11 heteroatoms. The highest BCUT2D eigenvalue weighted by atomic mass is 35.5. The van der Waals surface area contributed by atoms with Crippen LogP contribution < -0.4 is 15.5 Å². The van der Waals surface area contributed by atoms with Gasteiger partial charge in [-0.05, 0) is 68.7 Å². The molecule has 2 heterocycles. The highest BCUT2D eigenvalue weighted by molar-refractivity contribution is 6.30. The van der Waals surface area contributed by atoms with Gasteiger partial charge in [0.15, 0.2) is 0 Å². The number of amides is 5. The summed E-state index contributed by atoms with van der Waals surface area (Å²) < 4.78 is 5.23. The number of hydrogen-bond acceptors (Lipinski definition) is 6. The van der Waals surface area contributed by atoms with Gasteiger partial charge in [-0.25, -0.2) is 4.79 Å². The third kappa shape index (κ3) is 6.94. The third-order valence-corrected chi connectivity index (χ3v) is 6.63. The van der Waals surface area contributed by atoms with E-state index in [1.807, 2.05) is 6.07 Å². The molecule has 0 saturated carbocycles. The molecule has 0 aliphatic carbocycles. The fraction of sp³-hybridized carbons (Fsp3) is 0.393. The van der Waals surface area contributed by atoms with Crippen molar-refractivity contribution in [3.63, 3.8) is 0 Å². The Bertz CT molecular complexity index is 1300. The lowest BCUT2D eigenvalue weighted by Crippen LogP contribution is -2.52. The molecule has 0 aromatic heterocycles. The second kappa shape index (κ2) is 11.4. The Morgan fingerprint density at radius 2 is 1.85 bits per heavy atom. The minimum absolute atomic E-state index is 0.0363. The fourth-order valence-corrected chi connectivity index (χ4v) is 4.70. The van der Waals surface area contributed by atoms with Crippen molar-refractivity contribution in [2.45, 2.75) is 64.8 Å². The standard InChI is InChI=1S/C28H31ClN4O6/c1-28(2,3)39-27(38)30-13-12-24(35)32(20-7-5-19(29)6-8-20)15-17-4-9-21-18(14-17)16-33(26(21)37)22-10-11-23(34)31-25(22)36/h4-9,14,22H,10-13,15-16H2,1-3H3,(H,30,38)(H,31,34,36)/t22-/m0/s1. The summed E-state index contributed by atoms with van der Waals surface area (Å²) >= 11 is 6.05. The first kappa shape index (κ1) is 28.1. The third-order valence-electron chi connectivity index (χ3n) is 6.38. The Balaban J connectivity index is 1.48. The van der Waals surface area contributed by atoms with E-state index in [0.29, 0.717) is 16.3 Å². The van der Waals surface area contributed by atoms with Crippen LogP contribution in [0.1, 0.15) is 61.5 Å². The molecule has 0 radical (unpaired) electrons. The zero-order valence-electron chi connectivity index (χ0n) is 22.1. The molecule has 2 N–H and O–H groups in total. The number of alkyl carbamates (subject to hydrolysis) is 1. The fourth-order valence-electron chi connectivity index (χ4n) is 4.57. The molecule has 39 heavy (non-hydrogen) atoms. The Hall–Kier alpha value is -3.92. The van der Waals surface area contributed by atoms with Crippen molar-refractivity contribution in [1.82, 2.24) is 15.5 Å². The van der Waals surface area contributed by atoms with Crippen LogP contribution >= 0.6 is 11.6 Å². The summed E-state index contributed by atoms with van der Waals surface area (Å²) in [4.78, 5) is 65.2. The number of anilines is 1. The Morgan fingerprint density at radius 3 is 2.51 bits per heavy atom. The van der Waals surface area contributed by atoms with Gasteiger partial charge in [-0.15, -0.1) is 0 Å². The molecule has 206 valence electrons. The van der Waals surface area contributed by atoms with E-state index in [0.717, 1.165) is 11.1 Å². The number of carbonyl (C=O) groups excluding carboxylic acids is 5. The summed E-state index contributed by atoms with van der Waals surface area (Å²) in [6, 6.07) is 11.5. The zero-order chi connectivity index (χ0) is 28.3. The van der Waals surface area contributed by atoms with E-state index in [1.54, 1.807) is 62.1 Å². The molecule has 2 aromatic rings. The molecule has 4 rings (SSSR count). The normalized spacial score (nSPS) is 17.0. The lowest BCUT2D eigenvalue weighted by atomic mass is 10.0. The van der Waals surface area contributed by atoms with E-state index in [4.69, 9.17) is 16.3 Å². The SMILES string of the molecule is CC(C)(C)OC(=O)NCCC(=O)N(Cc1ccc2c(c1)CN([C@H]1CCC(=O)NC1=O)C2=O)c1ccc(Cl)cc1. The minimum Gasteiger partial charge on any atom is -0.444 e. The van der Waals surface area contributed by atoms with E-state index in [9.17, 15) is 24.0 Å². The smallest absolute Gasteiger partial charge is 0.407 e. The highest BCUT2D eigenvalue weighted by Crippen LogP contribution is 2.29. The van der Waals surface area contributed by atoms with Crippen molar-refractivity contribution in [2.75, 3.05) is 11.4 Å². The molecule has 2 aliphatic rings. The maximum atomic E-state index is 13.3. The molecule has 0 unspecified atom stereocenters. The van der Waals surface area contributed by atoms with Gasteiger partial charge in [0.1, 0.15) is 11.6 Å². The van der Waals surface area contributed by atoms with Crippen LogP contribution in [0.5, 0.6) is 0 Å². The number of halogens is 1. The molecule has 0 bridgehead atoms. The number of carbonyl (C=O) groups is 5. The molecular formula is C28H31ClN4O6. The topological polar surface area (TPSA) is 125 Å². The number of imide groups is 1. The van der Waals surface area contributed by atoms with E-state index in [1.165, 1.54) is 4.90 Å². The van der Waals surface area contributed by atoms with E-state index >= 15 is 0 Å². The number of benzene rings is 2. The lowest BCUT2D eigenvalue weighted by molar-refractivity contribution is -0.137. The van der Waals surface area contributed by atoms with Crippen molar-refractivity contribution in [3.8, 4) is 0 Å². The van der Waals surface area contributed by atoms with Gasteiger partial charge in [0.25, 0.3) is 5.91 Å². The summed E-state index contributed by atoms with van der Waals surface area (Å²) in [6.07, 6.45) is -0.0951. The first-order valence-corrected chi connectivity index (χ1v) is 13.1. The molecule has 2 aliphatic heterocycles. The molecule has 10 nitrogen and oxygen atoms in total. The van der Waals surface area contributed by atoms with Crippen LogP contribution in [-0.2, 0) is 32.2 Å². The molecule has 1 saturated heterocycles. The maximum Gasteiger partial charge on any atom is 0.407 e. The quantitative estimate of drug-likeness (QED) is 0.504. The monoisotopic (exact) mass is 554 g/mol. The van der Waals surface area contributed by atoms with Crippen LogP contribution in [0.15, 0.2) is 42.5 Å². The lowest BCUT2D eigenvalue weighted by Gasteiger charge is -2.29. The number of hydrogen-bond donors (Lipinski definition) is 2. The first-order chi connectivity index (χ1) is 18.4. The number of rotatable bonds is 7. The van der Waals surface area contributed by atoms with Crippen LogP contribution in [0.25, 0.3) is 0 Å². The average molecular weight is 555 g/mol. The van der Waals surface area contributed by atoms with Gasteiger partial charge in [-0.3, -0.25) is 24.5 Å². The van der Waals surface area contributed by atoms with Crippen molar-refractivity contribution >= 4 is 47.0 Å². The summed E-state index contributed by atoms with van der Waals surface area (Å²) in [5.74, 6) is -1.29. The molecule has 2 aromatic carbocycles. The van der Waals surface area contributed by atoms with Crippen LogP contribution in [0.2, 0.25) is 5.02 Å². The van der Waals surface area contributed by atoms with E-state index in [-0.39, 0.29) is 56.6 Å². The van der Waals surface area contributed by atoms with Gasteiger partial charge >= 0.3 is 6.09 Å². The molecule has 1 fully saturated rings. The van der Waals surface area contributed by atoms with Gasteiger partial charge in [0.2, 0.25) is 17.7 Å². The summed E-state index contributed by atoms with van der Waals surface area (Å²) in [6.45, 7) is 5.82. The Kier molecular flexibility index (Phi) is 8.25. The molecule has 0 spiro atoms. The molecule has 5 amide bonds. The van der Waals surface area contributed by atoms with Crippen molar-refractivity contribution in [1.29, 1.82) is 0 Å². The number of nitrogens with one attached hydrogen (secondary N) is 2. The molecular weight excluding hydrogens is 524 g/mol. The van der Waals surface area contributed by atoms with Crippen LogP contribution in [0, 0.1) is 0 Å². The largest absolute Gasteiger partial charge is 0.444 e. The summed E-state index contributed by atoms with van der Waals surface area (Å²) in [5.41, 5.74) is 2.01. The minimum atomic E-state index is -0.698. The number of piperidine rings is 1. The predicted molar refractivity (Wildman–Crippen MR) is 144 cm³/mol. The zero-order valence-corrected chi connectivity index (χ0v) is 22.8. The van der Waals surface area contributed by atoms with Gasteiger partial charge in [0.05, 0.1) is 6.54 Å². The average Bonchev–Trinajstić information content (AvgIpc) is 3.17. The molecule has 1 atom stereocenters. The van der Waals surface area contributed by atoms with Gasteiger partial charge in [0, 0.05) is 42.2 Å². The maximum absolute atomic E-state index is 13.3. The van der Waals surface area contributed by atoms with E-state index in [2.05, 4.69) is 10.6 Å². The summed E-state index contributed by atoms with van der Waals surface area (Å²) in [7, 11) is 0. The second-order valence-corrected chi connectivity index (χ2v) is 11.0. The van der Waals surface area contributed by atoms with Gasteiger partial charge in [-0.2, -0.15) is 0 Å². The summed E-state index contributed by atoms with van der Waals surface area (Å²) in [5, 5.41) is 5.43. The Morgan fingerprint density at radius 1 is 1.13 bits per heavy atom. The highest BCUT2D eigenvalue weighted by Gasteiger charge is 2.39. The van der Waals surface area contributed by atoms with Crippen molar-refractivity contribution in [3.05, 3.63) is 64.2 Å². The van der Waals surface area contributed by atoms with Crippen LogP contribution in [0.4, 0.5) is 10.5 Å². The Labute approximate surface area is 231 Å². The number of fused-ring (bicyclic) bond motifs is 1. The predicted octanol–water partition coefficient (Wildman–Crippen LogP) is 3.55. The van der Waals surface area contributed by atoms with Gasteiger partial charge in [-0.1, -0.05) is 23.7 Å². The first-order valence-electron chi connectivity index (χ1n) is 12.7.